The standard InChI is InChI=1S/C19H19N5O4/c1-12(25)20-18-17(19(26)24(23-18)13-7-5-4-6-8-13)22-21-15-10-9-14(27-2)11-16(15)28-3/h4-11,17H,1-3H3,(H,20,23,25)/t17-/m1/s1. The lowest BCUT2D eigenvalue weighted by Crippen LogP contribution is -2.38. The van der Waals surface area contributed by atoms with Crippen molar-refractivity contribution in [2.45, 2.75) is 13.0 Å². The average Bonchev–Trinajstić information content (AvgIpc) is 3.01. The molecule has 2 amide bonds. The first-order valence-electron chi connectivity index (χ1n) is 8.41. The van der Waals surface area contributed by atoms with E-state index in [1.807, 2.05) is 6.07 Å². The molecule has 9 nitrogen and oxygen atoms in total. The highest BCUT2D eigenvalue weighted by molar-refractivity contribution is 6.21. The predicted molar refractivity (Wildman–Crippen MR) is 103 cm³/mol. The number of amidine groups is 1. The fourth-order valence-electron chi connectivity index (χ4n) is 2.56. The molecule has 1 heterocycles. The molecular formula is C19H19N5O4. The van der Waals surface area contributed by atoms with Gasteiger partial charge < -0.3 is 14.8 Å². The minimum atomic E-state index is -1.07. The molecule has 0 spiro atoms. The van der Waals surface area contributed by atoms with Crippen molar-refractivity contribution in [3.05, 3.63) is 48.5 Å². The molecule has 0 unspecified atom stereocenters. The first-order chi connectivity index (χ1) is 13.5. The van der Waals surface area contributed by atoms with E-state index in [1.54, 1.807) is 49.6 Å². The summed E-state index contributed by atoms with van der Waals surface area (Å²) in [5.41, 5.74) is 0.978. The molecular weight excluding hydrogens is 362 g/mol. The zero-order valence-electron chi connectivity index (χ0n) is 15.6. The summed E-state index contributed by atoms with van der Waals surface area (Å²) < 4.78 is 10.4. The van der Waals surface area contributed by atoms with Crippen LogP contribution in [0.25, 0.3) is 0 Å². The third-order valence-corrected chi connectivity index (χ3v) is 3.88. The molecule has 2 aromatic rings. The third kappa shape index (κ3) is 3.98. The summed E-state index contributed by atoms with van der Waals surface area (Å²) in [6, 6.07) is 12.8. The SMILES string of the molecule is COc1ccc(N=N[C@H]2C(=O)N(c3ccccc3)N=C2NC(C)=O)c(OC)c1. The van der Waals surface area contributed by atoms with Crippen molar-refractivity contribution in [3.8, 4) is 11.5 Å². The van der Waals surface area contributed by atoms with Crippen LogP contribution in [0.4, 0.5) is 11.4 Å². The number of nitrogens with zero attached hydrogens (tertiary/aromatic N) is 4. The van der Waals surface area contributed by atoms with E-state index >= 15 is 0 Å². The maximum atomic E-state index is 12.8. The summed E-state index contributed by atoms with van der Waals surface area (Å²) in [5.74, 6) is 0.363. The van der Waals surface area contributed by atoms with Crippen LogP contribution >= 0.6 is 0 Å². The summed E-state index contributed by atoms with van der Waals surface area (Å²) >= 11 is 0. The molecule has 0 aliphatic carbocycles. The van der Waals surface area contributed by atoms with Crippen LogP contribution < -0.4 is 19.8 Å². The van der Waals surface area contributed by atoms with Gasteiger partial charge >= 0.3 is 0 Å². The number of carbonyl (C=O) groups excluding carboxylic acids is 2. The van der Waals surface area contributed by atoms with Gasteiger partial charge in [-0.05, 0) is 24.3 Å². The van der Waals surface area contributed by atoms with Gasteiger partial charge in [-0.2, -0.15) is 15.2 Å². The molecule has 1 aliphatic rings. The van der Waals surface area contributed by atoms with Gasteiger partial charge in [-0.15, -0.1) is 5.10 Å². The Morgan fingerprint density at radius 2 is 1.89 bits per heavy atom. The van der Waals surface area contributed by atoms with Crippen molar-refractivity contribution < 1.29 is 19.1 Å². The van der Waals surface area contributed by atoms with Gasteiger partial charge in [0.1, 0.15) is 17.2 Å². The second kappa shape index (κ2) is 8.30. The van der Waals surface area contributed by atoms with Crippen LogP contribution in [-0.4, -0.2) is 37.9 Å². The smallest absolute Gasteiger partial charge is 0.282 e. The summed E-state index contributed by atoms with van der Waals surface area (Å²) in [4.78, 5) is 24.3. The molecule has 9 heteroatoms. The number of benzene rings is 2. The van der Waals surface area contributed by atoms with Crippen LogP contribution in [0.5, 0.6) is 11.5 Å². The largest absolute Gasteiger partial charge is 0.497 e. The Morgan fingerprint density at radius 1 is 1.14 bits per heavy atom. The van der Waals surface area contributed by atoms with Gasteiger partial charge in [0, 0.05) is 13.0 Å². The Kier molecular flexibility index (Phi) is 5.64. The number of hydrogen-bond donors (Lipinski definition) is 1. The van der Waals surface area contributed by atoms with Crippen LogP contribution in [0.3, 0.4) is 0 Å². The number of amides is 2. The highest BCUT2D eigenvalue weighted by Gasteiger charge is 2.38. The quantitative estimate of drug-likeness (QED) is 0.804. The third-order valence-electron chi connectivity index (χ3n) is 3.88. The Morgan fingerprint density at radius 3 is 2.54 bits per heavy atom. The number of carbonyl (C=O) groups is 2. The number of nitrogens with one attached hydrogen (secondary N) is 1. The number of rotatable bonds is 5. The molecule has 0 saturated carbocycles. The van der Waals surface area contributed by atoms with E-state index in [0.717, 1.165) is 0 Å². The van der Waals surface area contributed by atoms with Crippen molar-refractivity contribution in [2.24, 2.45) is 15.3 Å². The number of azo groups is 1. The first-order valence-corrected chi connectivity index (χ1v) is 8.41. The molecule has 28 heavy (non-hydrogen) atoms. The number of methoxy groups -OCH3 is 2. The average molecular weight is 381 g/mol. The van der Waals surface area contributed by atoms with Crippen LogP contribution in [0, 0.1) is 0 Å². The van der Waals surface area contributed by atoms with E-state index in [9.17, 15) is 9.59 Å². The minimum absolute atomic E-state index is 0.109. The predicted octanol–water partition coefficient (Wildman–Crippen LogP) is 2.65. The molecule has 3 rings (SSSR count). The highest BCUT2D eigenvalue weighted by Crippen LogP contribution is 2.32. The van der Waals surface area contributed by atoms with Crippen LogP contribution in [0.2, 0.25) is 0 Å². The van der Waals surface area contributed by atoms with Crippen molar-refractivity contribution in [2.75, 3.05) is 19.2 Å². The lowest BCUT2D eigenvalue weighted by Gasteiger charge is -2.11. The summed E-state index contributed by atoms with van der Waals surface area (Å²) in [6.45, 7) is 1.33. The topological polar surface area (TPSA) is 105 Å². The highest BCUT2D eigenvalue weighted by atomic mass is 16.5. The molecule has 0 radical (unpaired) electrons. The molecule has 0 fully saturated rings. The molecule has 2 aromatic carbocycles. The summed E-state index contributed by atoms with van der Waals surface area (Å²) in [6.07, 6.45) is 0. The maximum Gasteiger partial charge on any atom is 0.282 e. The maximum absolute atomic E-state index is 12.8. The van der Waals surface area contributed by atoms with Gasteiger partial charge in [-0.25, -0.2) is 0 Å². The molecule has 1 N–H and O–H groups in total. The minimum Gasteiger partial charge on any atom is -0.497 e. The normalized spacial score (nSPS) is 16.2. The van der Waals surface area contributed by atoms with Gasteiger partial charge in [0.2, 0.25) is 11.9 Å². The lowest BCUT2D eigenvalue weighted by molar-refractivity contribution is -0.117. The van der Waals surface area contributed by atoms with Gasteiger partial charge in [-0.1, -0.05) is 18.2 Å². The Balaban J connectivity index is 1.91. The zero-order chi connectivity index (χ0) is 20.1. The fraction of sp³-hybridized carbons (Fsp3) is 0.211. The number of anilines is 1. The van der Waals surface area contributed by atoms with Crippen LogP contribution in [0.15, 0.2) is 63.9 Å². The molecule has 144 valence electrons. The van der Waals surface area contributed by atoms with E-state index in [1.165, 1.54) is 19.0 Å². The van der Waals surface area contributed by atoms with E-state index in [0.29, 0.717) is 22.9 Å². The first kappa shape index (κ1) is 19.0. The van der Waals surface area contributed by atoms with E-state index in [2.05, 4.69) is 20.6 Å². The Labute approximate surface area is 161 Å². The van der Waals surface area contributed by atoms with Crippen molar-refractivity contribution in [3.63, 3.8) is 0 Å². The second-order valence-electron chi connectivity index (χ2n) is 5.81. The van der Waals surface area contributed by atoms with Gasteiger partial charge in [0.25, 0.3) is 5.91 Å². The second-order valence-corrected chi connectivity index (χ2v) is 5.81. The molecule has 1 aliphatic heterocycles. The van der Waals surface area contributed by atoms with Gasteiger partial charge in [0.15, 0.2) is 5.84 Å². The Bertz CT molecular complexity index is 943. The fourth-order valence-corrected chi connectivity index (χ4v) is 2.56. The molecule has 0 saturated heterocycles. The monoisotopic (exact) mass is 381 g/mol. The van der Waals surface area contributed by atoms with Crippen LogP contribution in [0.1, 0.15) is 6.92 Å². The molecule has 0 aromatic heterocycles. The van der Waals surface area contributed by atoms with Crippen molar-refractivity contribution in [1.82, 2.24) is 5.32 Å². The van der Waals surface area contributed by atoms with Crippen LogP contribution in [-0.2, 0) is 9.59 Å². The summed E-state index contributed by atoms with van der Waals surface area (Å²) in [5, 5.41) is 16.2. The summed E-state index contributed by atoms with van der Waals surface area (Å²) in [7, 11) is 3.04. The molecule has 1 atom stereocenters. The van der Waals surface area contributed by atoms with E-state index < -0.39 is 11.9 Å². The number of hydrazone groups is 1. The van der Waals surface area contributed by atoms with Crippen molar-refractivity contribution in [1.29, 1.82) is 0 Å². The number of ether oxygens (including phenoxy) is 2. The lowest BCUT2D eigenvalue weighted by atomic mass is 10.2. The number of hydrogen-bond acceptors (Lipinski definition) is 7. The number of para-hydroxylation sites is 1. The Hall–Kier alpha value is -3.75. The van der Waals surface area contributed by atoms with E-state index in [-0.39, 0.29) is 11.7 Å². The van der Waals surface area contributed by atoms with Gasteiger partial charge in [-0.3, -0.25) is 9.59 Å². The van der Waals surface area contributed by atoms with E-state index in [4.69, 9.17) is 9.47 Å². The van der Waals surface area contributed by atoms with Crippen molar-refractivity contribution >= 4 is 29.0 Å². The molecule has 0 bridgehead atoms. The zero-order valence-corrected chi connectivity index (χ0v) is 15.6. The van der Waals surface area contributed by atoms with Gasteiger partial charge in [0.05, 0.1) is 19.9 Å².